The van der Waals surface area contributed by atoms with E-state index in [1.54, 1.807) is 0 Å². The smallest absolute Gasteiger partial charge is 0.329 e. The largest absolute Gasteiger partial charge is 0.481 e. The maximum Gasteiger partial charge on any atom is 0.329 e. The SMILES string of the molecule is CC(Oc1ccc(F)cc1)C(=O)NC1(C(=O)O)CCOCC1. The molecule has 0 aromatic heterocycles. The number of ether oxygens (including phenoxy) is 2. The molecule has 1 saturated heterocycles. The van der Waals surface area contributed by atoms with Crippen molar-refractivity contribution in [3.63, 3.8) is 0 Å². The van der Waals surface area contributed by atoms with Gasteiger partial charge in [-0.3, -0.25) is 4.79 Å². The van der Waals surface area contributed by atoms with Gasteiger partial charge in [0.05, 0.1) is 0 Å². The summed E-state index contributed by atoms with van der Waals surface area (Å²) in [4.78, 5) is 23.7. The van der Waals surface area contributed by atoms with Crippen molar-refractivity contribution in [1.82, 2.24) is 5.32 Å². The Bertz CT molecular complexity index is 539. The highest BCUT2D eigenvalue weighted by Gasteiger charge is 2.42. The molecular weight excluding hydrogens is 293 g/mol. The van der Waals surface area contributed by atoms with Crippen LogP contribution >= 0.6 is 0 Å². The van der Waals surface area contributed by atoms with E-state index in [4.69, 9.17) is 9.47 Å². The van der Waals surface area contributed by atoms with Gasteiger partial charge in [-0.15, -0.1) is 0 Å². The van der Waals surface area contributed by atoms with E-state index < -0.39 is 29.3 Å². The number of hydrogen-bond donors (Lipinski definition) is 2. The van der Waals surface area contributed by atoms with Crippen molar-refractivity contribution in [3.8, 4) is 5.75 Å². The molecule has 22 heavy (non-hydrogen) atoms. The molecule has 7 heteroatoms. The molecule has 1 unspecified atom stereocenters. The van der Waals surface area contributed by atoms with Crippen molar-refractivity contribution in [2.45, 2.75) is 31.4 Å². The average molecular weight is 311 g/mol. The van der Waals surface area contributed by atoms with Crippen LogP contribution in [0.1, 0.15) is 19.8 Å². The van der Waals surface area contributed by atoms with E-state index in [0.29, 0.717) is 5.75 Å². The molecule has 1 aromatic rings. The Hall–Kier alpha value is -2.15. The monoisotopic (exact) mass is 311 g/mol. The number of carboxylic acids is 1. The quantitative estimate of drug-likeness (QED) is 0.857. The first-order valence-electron chi connectivity index (χ1n) is 6.98. The Balaban J connectivity index is 2.00. The predicted molar refractivity (Wildman–Crippen MR) is 75.1 cm³/mol. The summed E-state index contributed by atoms with van der Waals surface area (Å²) in [6, 6.07) is 5.25. The second kappa shape index (κ2) is 6.74. The van der Waals surface area contributed by atoms with Crippen molar-refractivity contribution in [2.75, 3.05) is 13.2 Å². The summed E-state index contributed by atoms with van der Waals surface area (Å²) in [5, 5.41) is 11.9. The minimum Gasteiger partial charge on any atom is -0.481 e. The molecule has 0 saturated carbocycles. The lowest BCUT2D eigenvalue weighted by Crippen LogP contribution is -2.59. The molecule has 0 aliphatic carbocycles. The van der Waals surface area contributed by atoms with Gasteiger partial charge < -0.3 is 19.9 Å². The zero-order valence-corrected chi connectivity index (χ0v) is 12.2. The molecule has 6 nitrogen and oxygen atoms in total. The average Bonchev–Trinajstić information content (AvgIpc) is 2.50. The van der Waals surface area contributed by atoms with Crippen LogP contribution in [0.3, 0.4) is 0 Å². The highest BCUT2D eigenvalue weighted by Crippen LogP contribution is 2.22. The second-order valence-electron chi connectivity index (χ2n) is 5.20. The van der Waals surface area contributed by atoms with Crippen LogP contribution in [0.5, 0.6) is 5.75 Å². The van der Waals surface area contributed by atoms with Gasteiger partial charge in [0, 0.05) is 26.1 Å². The van der Waals surface area contributed by atoms with Gasteiger partial charge in [-0.25, -0.2) is 9.18 Å². The first-order chi connectivity index (χ1) is 10.4. The summed E-state index contributed by atoms with van der Waals surface area (Å²) < 4.78 is 23.4. The summed E-state index contributed by atoms with van der Waals surface area (Å²) in [6.07, 6.45) is -0.487. The summed E-state index contributed by atoms with van der Waals surface area (Å²) in [6.45, 7) is 2.06. The zero-order chi connectivity index (χ0) is 16.2. The van der Waals surface area contributed by atoms with Crippen LogP contribution in [-0.4, -0.2) is 41.8 Å². The van der Waals surface area contributed by atoms with Crippen LogP contribution in [0.15, 0.2) is 24.3 Å². The number of amides is 1. The molecule has 2 rings (SSSR count). The summed E-state index contributed by atoms with van der Waals surface area (Å²) >= 11 is 0. The first-order valence-corrected chi connectivity index (χ1v) is 6.98. The Morgan fingerprint density at radius 3 is 2.45 bits per heavy atom. The van der Waals surface area contributed by atoms with Crippen LogP contribution in [-0.2, 0) is 14.3 Å². The molecule has 1 fully saturated rings. The summed E-state index contributed by atoms with van der Waals surface area (Å²) in [5.74, 6) is -1.69. The van der Waals surface area contributed by atoms with Crippen LogP contribution in [0.4, 0.5) is 4.39 Å². The molecule has 0 radical (unpaired) electrons. The van der Waals surface area contributed by atoms with E-state index in [9.17, 15) is 19.1 Å². The van der Waals surface area contributed by atoms with Crippen LogP contribution in [0.2, 0.25) is 0 Å². The lowest BCUT2D eigenvalue weighted by atomic mass is 9.90. The fourth-order valence-electron chi connectivity index (χ4n) is 2.22. The van der Waals surface area contributed by atoms with Crippen molar-refractivity contribution in [2.24, 2.45) is 0 Å². The molecule has 1 atom stereocenters. The molecule has 2 N–H and O–H groups in total. The van der Waals surface area contributed by atoms with Crippen LogP contribution in [0, 0.1) is 5.82 Å². The third-order valence-electron chi connectivity index (χ3n) is 3.61. The number of carboxylic acid groups (broad SMARTS) is 1. The van der Waals surface area contributed by atoms with Crippen molar-refractivity contribution in [3.05, 3.63) is 30.1 Å². The van der Waals surface area contributed by atoms with Crippen molar-refractivity contribution < 1.29 is 28.6 Å². The fraction of sp³-hybridized carbons (Fsp3) is 0.467. The van der Waals surface area contributed by atoms with Crippen LogP contribution < -0.4 is 10.1 Å². The maximum absolute atomic E-state index is 12.8. The third-order valence-corrected chi connectivity index (χ3v) is 3.61. The Labute approximate surface area is 127 Å². The predicted octanol–water partition coefficient (Wildman–Crippen LogP) is 1.34. The minimum absolute atomic E-state index is 0.206. The molecule has 1 aliphatic rings. The van der Waals surface area contributed by atoms with Crippen molar-refractivity contribution in [1.29, 1.82) is 0 Å². The Morgan fingerprint density at radius 2 is 1.91 bits per heavy atom. The summed E-state index contributed by atoms with van der Waals surface area (Å²) in [7, 11) is 0. The fourth-order valence-corrected chi connectivity index (χ4v) is 2.22. The molecular formula is C15H18FNO5. The number of carbonyl (C=O) groups is 2. The van der Waals surface area contributed by atoms with E-state index in [2.05, 4.69) is 5.32 Å². The van der Waals surface area contributed by atoms with Crippen LogP contribution in [0.25, 0.3) is 0 Å². The Morgan fingerprint density at radius 1 is 1.32 bits per heavy atom. The van der Waals surface area contributed by atoms with Gasteiger partial charge in [0.2, 0.25) is 0 Å². The van der Waals surface area contributed by atoms with Gasteiger partial charge in [0.15, 0.2) is 6.10 Å². The number of halogens is 1. The highest BCUT2D eigenvalue weighted by atomic mass is 19.1. The lowest BCUT2D eigenvalue weighted by Gasteiger charge is -2.34. The molecule has 1 heterocycles. The van der Waals surface area contributed by atoms with E-state index in [1.165, 1.54) is 31.2 Å². The number of carbonyl (C=O) groups excluding carboxylic acids is 1. The second-order valence-corrected chi connectivity index (χ2v) is 5.20. The minimum atomic E-state index is -1.32. The number of benzene rings is 1. The normalized spacial score (nSPS) is 18.3. The Kier molecular flexibility index (Phi) is 4.97. The number of nitrogens with one attached hydrogen (secondary N) is 1. The van der Waals surface area contributed by atoms with E-state index >= 15 is 0 Å². The number of hydrogen-bond acceptors (Lipinski definition) is 4. The van der Waals surface area contributed by atoms with Gasteiger partial charge in [0.1, 0.15) is 17.1 Å². The molecule has 1 aromatic carbocycles. The standard InChI is InChI=1S/C15H18FNO5/c1-10(22-12-4-2-11(16)3-5-12)13(18)17-15(14(19)20)6-8-21-9-7-15/h2-5,10H,6-9H2,1H3,(H,17,18)(H,19,20). The van der Waals surface area contributed by atoms with Gasteiger partial charge >= 0.3 is 5.97 Å². The molecule has 0 bridgehead atoms. The number of aliphatic carboxylic acids is 1. The van der Waals surface area contributed by atoms with Gasteiger partial charge in [-0.2, -0.15) is 0 Å². The lowest BCUT2D eigenvalue weighted by molar-refractivity contribution is -0.153. The first kappa shape index (κ1) is 16.2. The van der Waals surface area contributed by atoms with E-state index in [-0.39, 0.29) is 26.1 Å². The maximum atomic E-state index is 12.8. The van der Waals surface area contributed by atoms with Gasteiger partial charge in [-0.1, -0.05) is 0 Å². The van der Waals surface area contributed by atoms with Gasteiger partial charge in [0.25, 0.3) is 5.91 Å². The summed E-state index contributed by atoms with van der Waals surface area (Å²) in [5.41, 5.74) is -1.32. The molecule has 0 spiro atoms. The number of rotatable bonds is 5. The van der Waals surface area contributed by atoms with Gasteiger partial charge in [-0.05, 0) is 31.2 Å². The zero-order valence-electron chi connectivity index (χ0n) is 12.2. The molecule has 1 amide bonds. The van der Waals surface area contributed by atoms with E-state index in [0.717, 1.165) is 0 Å². The van der Waals surface area contributed by atoms with Crippen molar-refractivity contribution >= 4 is 11.9 Å². The third kappa shape index (κ3) is 3.73. The topological polar surface area (TPSA) is 84.9 Å². The van der Waals surface area contributed by atoms with E-state index in [1.807, 2.05) is 0 Å². The molecule has 1 aliphatic heterocycles. The molecule has 120 valence electrons. The highest BCUT2D eigenvalue weighted by molar-refractivity contribution is 5.89.